The van der Waals surface area contributed by atoms with Gasteiger partial charge in [-0.15, -0.1) is 0 Å². The van der Waals surface area contributed by atoms with E-state index >= 15 is 0 Å². The van der Waals surface area contributed by atoms with Crippen molar-refractivity contribution in [2.45, 2.75) is 33.2 Å². The Morgan fingerprint density at radius 2 is 2.35 bits per heavy atom. The molecule has 96 valence electrons. The number of likely N-dealkylation sites (tertiary alicyclic amines) is 1. The fourth-order valence-electron chi connectivity index (χ4n) is 2.24. The van der Waals surface area contributed by atoms with Gasteiger partial charge in [0, 0.05) is 13.0 Å². The molecule has 0 amide bonds. The van der Waals surface area contributed by atoms with Crippen LogP contribution < -0.4 is 5.73 Å². The number of rotatable bonds is 5. The molecule has 0 aromatic carbocycles. The highest BCUT2D eigenvalue weighted by Gasteiger charge is 2.22. The molecule has 1 aromatic rings. The number of hydrogen-bond acceptors (Lipinski definition) is 5. The van der Waals surface area contributed by atoms with Crippen LogP contribution in [0, 0.1) is 11.8 Å². The van der Waals surface area contributed by atoms with E-state index in [0.717, 1.165) is 44.3 Å². The Morgan fingerprint density at radius 1 is 1.53 bits per heavy atom. The van der Waals surface area contributed by atoms with Crippen LogP contribution in [0.25, 0.3) is 0 Å². The first kappa shape index (κ1) is 12.5. The highest BCUT2D eigenvalue weighted by atomic mass is 16.5. The van der Waals surface area contributed by atoms with Crippen LogP contribution >= 0.6 is 0 Å². The average Bonchev–Trinajstić information content (AvgIpc) is 2.88. The zero-order valence-electron chi connectivity index (χ0n) is 10.7. The maximum atomic E-state index is 5.67. The lowest BCUT2D eigenvalue weighted by Gasteiger charge is -2.12. The summed E-state index contributed by atoms with van der Waals surface area (Å²) in [6.07, 6.45) is 2.05. The van der Waals surface area contributed by atoms with Crippen molar-refractivity contribution in [1.82, 2.24) is 15.0 Å². The molecule has 2 heterocycles. The number of aromatic nitrogens is 2. The van der Waals surface area contributed by atoms with Gasteiger partial charge in [-0.3, -0.25) is 4.90 Å². The third kappa shape index (κ3) is 3.51. The molecule has 0 radical (unpaired) electrons. The molecule has 1 aliphatic heterocycles. The molecule has 2 N–H and O–H groups in total. The maximum Gasteiger partial charge on any atom is 0.226 e. The second-order valence-corrected chi connectivity index (χ2v) is 5.33. The molecule has 5 nitrogen and oxygen atoms in total. The molecule has 1 aliphatic rings. The molecule has 17 heavy (non-hydrogen) atoms. The minimum Gasteiger partial charge on any atom is -0.339 e. The van der Waals surface area contributed by atoms with Gasteiger partial charge in [-0.2, -0.15) is 4.98 Å². The largest absolute Gasteiger partial charge is 0.339 e. The Bertz CT molecular complexity index is 350. The van der Waals surface area contributed by atoms with Crippen molar-refractivity contribution in [3.8, 4) is 0 Å². The van der Waals surface area contributed by atoms with Gasteiger partial charge >= 0.3 is 0 Å². The second kappa shape index (κ2) is 5.60. The summed E-state index contributed by atoms with van der Waals surface area (Å²) >= 11 is 0. The van der Waals surface area contributed by atoms with Gasteiger partial charge in [-0.25, -0.2) is 0 Å². The van der Waals surface area contributed by atoms with E-state index in [1.807, 2.05) is 0 Å². The van der Waals surface area contributed by atoms with Gasteiger partial charge in [0.05, 0.1) is 6.54 Å². The van der Waals surface area contributed by atoms with E-state index in [1.165, 1.54) is 6.42 Å². The molecule has 1 atom stereocenters. The predicted octanol–water partition coefficient (Wildman–Crippen LogP) is 1.05. The lowest BCUT2D eigenvalue weighted by Crippen LogP contribution is -2.23. The van der Waals surface area contributed by atoms with Crippen LogP contribution in [-0.2, 0) is 13.0 Å². The van der Waals surface area contributed by atoms with Crippen molar-refractivity contribution >= 4 is 0 Å². The molecular formula is C12H22N4O. The zero-order valence-corrected chi connectivity index (χ0v) is 10.7. The fourth-order valence-corrected chi connectivity index (χ4v) is 2.24. The minimum atomic E-state index is 0.553. The van der Waals surface area contributed by atoms with Crippen molar-refractivity contribution in [1.29, 1.82) is 0 Å². The fraction of sp³-hybridized carbons (Fsp3) is 0.833. The summed E-state index contributed by atoms with van der Waals surface area (Å²) in [5, 5.41) is 4.02. The molecule has 0 saturated carbocycles. The Morgan fingerprint density at radius 3 is 3.00 bits per heavy atom. The van der Waals surface area contributed by atoms with E-state index in [-0.39, 0.29) is 0 Å². The van der Waals surface area contributed by atoms with Crippen molar-refractivity contribution < 1.29 is 4.52 Å². The summed E-state index contributed by atoms with van der Waals surface area (Å²) < 4.78 is 5.23. The normalized spacial score (nSPS) is 21.5. The third-order valence-corrected chi connectivity index (χ3v) is 3.16. The van der Waals surface area contributed by atoms with Crippen LogP contribution in [0.3, 0.4) is 0 Å². The lowest BCUT2D eigenvalue weighted by atomic mass is 10.1. The number of nitrogens with zero attached hydrogens (tertiary/aromatic N) is 3. The van der Waals surface area contributed by atoms with Crippen molar-refractivity contribution in [3.63, 3.8) is 0 Å². The van der Waals surface area contributed by atoms with Crippen molar-refractivity contribution in [2.24, 2.45) is 17.6 Å². The molecule has 1 aromatic heterocycles. The highest BCUT2D eigenvalue weighted by molar-refractivity contribution is 4.89. The first-order valence-corrected chi connectivity index (χ1v) is 6.41. The Balaban J connectivity index is 1.85. The van der Waals surface area contributed by atoms with Gasteiger partial charge in [0.15, 0.2) is 5.82 Å². The maximum absolute atomic E-state index is 5.67. The minimum absolute atomic E-state index is 0.553. The molecule has 5 heteroatoms. The van der Waals surface area contributed by atoms with E-state index in [2.05, 4.69) is 28.9 Å². The van der Waals surface area contributed by atoms with Crippen LogP contribution in [0.15, 0.2) is 4.52 Å². The topological polar surface area (TPSA) is 68.2 Å². The van der Waals surface area contributed by atoms with E-state index in [9.17, 15) is 0 Å². The summed E-state index contributed by atoms with van der Waals surface area (Å²) in [6.45, 7) is 8.02. The lowest BCUT2D eigenvalue weighted by molar-refractivity contribution is 0.298. The van der Waals surface area contributed by atoms with Crippen molar-refractivity contribution in [2.75, 3.05) is 19.6 Å². The Hall–Kier alpha value is -0.940. The number of nitrogens with two attached hydrogens (primary N) is 1. The van der Waals surface area contributed by atoms with Crippen LogP contribution in [-0.4, -0.2) is 34.7 Å². The second-order valence-electron chi connectivity index (χ2n) is 5.33. The molecule has 0 bridgehead atoms. The SMILES string of the molecule is CC(C)Cc1nc(CN2CCC(CN)C2)no1. The highest BCUT2D eigenvalue weighted by Crippen LogP contribution is 2.16. The Kier molecular flexibility index (Phi) is 4.12. The van der Waals surface area contributed by atoms with Crippen LogP contribution in [0.1, 0.15) is 32.0 Å². The number of hydrogen-bond donors (Lipinski definition) is 1. The Labute approximate surface area is 102 Å². The molecule has 1 fully saturated rings. The molecular weight excluding hydrogens is 216 g/mol. The molecule has 0 spiro atoms. The van der Waals surface area contributed by atoms with E-state index in [4.69, 9.17) is 10.3 Å². The quantitative estimate of drug-likeness (QED) is 0.830. The van der Waals surface area contributed by atoms with Gasteiger partial charge in [0.2, 0.25) is 5.89 Å². The third-order valence-electron chi connectivity index (χ3n) is 3.16. The molecule has 1 unspecified atom stereocenters. The summed E-state index contributed by atoms with van der Waals surface area (Å²) in [5.74, 6) is 2.75. The van der Waals surface area contributed by atoms with Gasteiger partial charge in [0.1, 0.15) is 0 Å². The summed E-state index contributed by atoms with van der Waals surface area (Å²) in [5.41, 5.74) is 5.67. The van der Waals surface area contributed by atoms with Crippen LogP contribution in [0.4, 0.5) is 0 Å². The van der Waals surface area contributed by atoms with Gasteiger partial charge in [-0.05, 0) is 31.3 Å². The molecule has 1 saturated heterocycles. The summed E-state index contributed by atoms with van der Waals surface area (Å²) in [4.78, 5) is 6.76. The standard InChI is InChI=1S/C12H22N4O/c1-9(2)5-12-14-11(15-17-12)8-16-4-3-10(6-13)7-16/h9-10H,3-8,13H2,1-2H3. The van der Waals surface area contributed by atoms with Gasteiger partial charge in [0.25, 0.3) is 0 Å². The smallest absolute Gasteiger partial charge is 0.226 e. The summed E-state index contributed by atoms with van der Waals surface area (Å²) in [7, 11) is 0. The van der Waals surface area contributed by atoms with E-state index < -0.39 is 0 Å². The summed E-state index contributed by atoms with van der Waals surface area (Å²) in [6, 6.07) is 0. The van der Waals surface area contributed by atoms with E-state index in [1.54, 1.807) is 0 Å². The first-order valence-electron chi connectivity index (χ1n) is 6.41. The molecule has 2 rings (SSSR count). The first-order chi connectivity index (χ1) is 8.17. The zero-order chi connectivity index (χ0) is 12.3. The van der Waals surface area contributed by atoms with Gasteiger partial charge in [-0.1, -0.05) is 19.0 Å². The monoisotopic (exact) mass is 238 g/mol. The van der Waals surface area contributed by atoms with Crippen molar-refractivity contribution in [3.05, 3.63) is 11.7 Å². The van der Waals surface area contributed by atoms with Gasteiger partial charge < -0.3 is 10.3 Å². The van der Waals surface area contributed by atoms with Crippen LogP contribution in [0.5, 0.6) is 0 Å². The molecule has 0 aliphatic carbocycles. The van der Waals surface area contributed by atoms with Crippen LogP contribution in [0.2, 0.25) is 0 Å². The van der Waals surface area contributed by atoms with E-state index in [0.29, 0.717) is 11.8 Å². The predicted molar refractivity (Wildman–Crippen MR) is 65.3 cm³/mol. The average molecular weight is 238 g/mol.